The van der Waals surface area contributed by atoms with E-state index in [0.717, 1.165) is 38.5 Å². The van der Waals surface area contributed by atoms with Crippen LogP contribution in [0, 0.1) is 11.8 Å². The number of hydrogen-bond acceptors (Lipinski definition) is 3. The van der Waals surface area contributed by atoms with E-state index in [-0.39, 0.29) is 18.5 Å². The van der Waals surface area contributed by atoms with Crippen LogP contribution in [-0.2, 0) is 9.53 Å². The van der Waals surface area contributed by atoms with Crippen LogP contribution in [0.5, 0.6) is 0 Å². The average molecular weight is 240 g/mol. The zero-order valence-electron chi connectivity index (χ0n) is 10.7. The number of ether oxygens (including phenoxy) is 1. The van der Waals surface area contributed by atoms with Crippen LogP contribution in [0.15, 0.2) is 12.2 Å². The molecule has 0 aromatic heterocycles. The van der Waals surface area contributed by atoms with Gasteiger partial charge in [-0.2, -0.15) is 0 Å². The summed E-state index contributed by atoms with van der Waals surface area (Å²) >= 11 is 0. The van der Waals surface area contributed by atoms with E-state index in [1.54, 1.807) is 6.08 Å². The van der Waals surface area contributed by atoms with Crippen LogP contribution >= 0.6 is 0 Å². The molecule has 0 saturated heterocycles. The molecule has 1 aliphatic carbocycles. The van der Waals surface area contributed by atoms with Gasteiger partial charge in [-0.05, 0) is 38.0 Å². The van der Waals surface area contributed by atoms with E-state index >= 15 is 0 Å². The summed E-state index contributed by atoms with van der Waals surface area (Å²) in [5, 5.41) is 8.70. The molecule has 1 fully saturated rings. The summed E-state index contributed by atoms with van der Waals surface area (Å²) in [6, 6.07) is 0. The molecule has 1 saturated carbocycles. The molecule has 0 spiro atoms. The summed E-state index contributed by atoms with van der Waals surface area (Å²) in [6.45, 7) is 2.77. The van der Waals surface area contributed by atoms with E-state index < -0.39 is 0 Å². The smallest absolute Gasteiger partial charge is 0.308 e. The monoisotopic (exact) mass is 240 g/mol. The van der Waals surface area contributed by atoms with Crippen molar-refractivity contribution in [1.82, 2.24) is 0 Å². The Bertz CT molecular complexity index is 240. The number of esters is 1. The van der Waals surface area contributed by atoms with Crippen LogP contribution in [0.1, 0.15) is 45.4 Å². The number of carbonyl (C=O) groups is 1. The van der Waals surface area contributed by atoms with Gasteiger partial charge in [-0.15, -0.1) is 0 Å². The van der Waals surface area contributed by atoms with Crippen molar-refractivity contribution in [3.05, 3.63) is 12.2 Å². The molecule has 3 heteroatoms. The highest BCUT2D eigenvalue weighted by atomic mass is 16.5. The third-order valence-electron chi connectivity index (χ3n) is 3.36. The van der Waals surface area contributed by atoms with Crippen molar-refractivity contribution in [2.75, 3.05) is 13.2 Å². The number of rotatable bonds is 6. The van der Waals surface area contributed by atoms with Crippen LogP contribution in [-0.4, -0.2) is 24.3 Å². The highest BCUT2D eigenvalue weighted by Crippen LogP contribution is 2.30. The first-order chi connectivity index (χ1) is 8.27. The number of hydrogen-bond donors (Lipinski definition) is 1. The van der Waals surface area contributed by atoms with Crippen LogP contribution in [0.3, 0.4) is 0 Å². The molecule has 98 valence electrons. The summed E-state index contributed by atoms with van der Waals surface area (Å²) in [6.07, 6.45) is 9.79. The largest absolute Gasteiger partial charge is 0.465 e. The first-order valence-corrected chi connectivity index (χ1v) is 6.72. The highest BCUT2D eigenvalue weighted by molar-refractivity contribution is 5.72. The maximum Gasteiger partial charge on any atom is 0.308 e. The van der Waals surface area contributed by atoms with Gasteiger partial charge in [0.15, 0.2) is 0 Å². The quantitative estimate of drug-likeness (QED) is 0.441. The Labute approximate surface area is 104 Å². The summed E-state index contributed by atoms with van der Waals surface area (Å²) in [7, 11) is 0. The van der Waals surface area contributed by atoms with E-state index in [1.165, 1.54) is 0 Å². The third-order valence-corrected chi connectivity index (χ3v) is 3.36. The molecule has 1 N–H and O–H groups in total. The van der Waals surface area contributed by atoms with Gasteiger partial charge in [0.05, 0.1) is 19.1 Å². The van der Waals surface area contributed by atoms with Crippen molar-refractivity contribution in [1.29, 1.82) is 0 Å². The minimum atomic E-state index is -0.0111. The molecule has 1 rings (SSSR count). The van der Waals surface area contributed by atoms with Gasteiger partial charge in [0.25, 0.3) is 0 Å². The zero-order valence-corrected chi connectivity index (χ0v) is 10.7. The first kappa shape index (κ1) is 14.2. The summed E-state index contributed by atoms with van der Waals surface area (Å²) in [4.78, 5) is 11.7. The van der Waals surface area contributed by atoms with Gasteiger partial charge in [-0.1, -0.05) is 25.5 Å². The lowest BCUT2D eigenvalue weighted by Gasteiger charge is -2.25. The second-order valence-corrected chi connectivity index (χ2v) is 4.74. The van der Waals surface area contributed by atoms with Gasteiger partial charge in [0.2, 0.25) is 0 Å². The Morgan fingerprint density at radius 3 is 2.65 bits per heavy atom. The molecule has 1 aliphatic rings. The molecule has 17 heavy (non-hydrogen) atoms. The molecule has 0 atom stereocenters. The van der Waals surface area contributed by atoms with Gasteiger partial charge in [-0.3, -0.25) is 4.79 Å². The number of allylic oxidation sites excluding steroid dienone is 1. The maximum absolute atomic E-state index is 11.7. The molecular weight excluding hydrogens is 216 g/mol. The van der Waals surface area contributed by atoms with Gasteiger partial charge in [0.1, 0.15) is 0 Å². The second kappa shape index (κ2) is 8.29. The second-order valence-electron chi connectivity index (χ2n) is 4.74. The van der Waals surface area contributed by atoms with E-state index in [4.69, 9.17) is 9.84 Å². The summed E-state index contributed by atoms with van der Waals surface area (Å²) in [5.41, 5.74) is 0. The average Bonchev–Trinajstić information content (AvgIpc) is 2.37. The van der Waals surface area contributed by atoms with E-state index in [0.29, 0.717) is 12.5 Å². The maximum atomic E-state index is 11.7. The van der Waals surface area contributed by atoms with Crippen LogP contribution in [0.4, 0.5) is 0 Å². The Balaban J connectivity index is 2.21. The summed E-state index contributed by atoms with van der Waals surface area (Å²) in [5.74, 6) is 0.621. The molecule has 0 heterocycles. The van der Waals surface area contributed by atoms with Crippen molar-refractivity contribution in [3.63, 3.8) is 0 Å². The van der Waals surface area contributed by atoms with Gasteiger partial charge in [-0.25, -0.2) is 0 Å². The fourth-order valence-electron chi connectivity index (χ4n) is 2.24. The minimum Gasteiger partial charge on any atom is -0.465 e. The molecule has 0 bridgehead atoms. The lowest BCUT2D eigenvalue weighted by atomic mass is 9.82. The Morgan fingerprint density at radius 2 is 2.06 bits per heavy atom. The zero-order chi connectivity index (χ0) is 12.5. The first-order valence-electron chi connectivity index (χ1n) is 6.72. The van der Waals surface area contributed by atoms with E-state index in [2.05, 4.69) is 13.0 Å². The fourth-order valence-corrected chi connectivity index (χ4v) is 2.24. The lowest BCUT2D eigenvalue weighted by Crippen LogP contribution is -2.23. The molecule has 0 unspecified atom stereocenters. The number of aliphatic hydroxyl groups excluding tert-OH is 1. The Morgan fingerprint density at radius 1 is 1.35 bits per heavy atom. The molecule has 0 amide bonds. The third kappa shape index (κ3) is 5.35. The molecule has 3 nitrogen and oxygen atoms in total. The topological polar surface area (TPSA) is 46.5 Å². The van der Waals surface area contributed by atoms with Crippen molar-refractivity contribution in [2.24, 2.45) is 11.8 Å². The highest BCUT2D eigenvalue weighted by Gasteiger charge is 2.26. The molecule has 0 aromatic carbocycles. The van der Waals surface area contributed by atoms with Crippen molar-refractivity contribution < 1.29 is 14.6 Å². The summed E-state index contributed by atoms with van der Waals surface area (Å²) < 4.78 is 5.24. The minimum absolute atomic E-state index is 0.0111. The Hall–Kier alpha value is -0.830. The number of unbranched alkanes of at least 4 members (excludes halogenated alkanes) is 1. The Kier molecular flexibility index (Phi) is 6.94. The predicted molar refractivity (Wildman–Crippen MR) is 67.5 cm³/mol. The van der Waals surface area contributed by atoms with Gasteiger partial charge >= 0.3 is 5.97 Å². The van der Waals surface area contributed by atoms with Crippen molar-refractivity contribution >= 4 is 5.97 Å². The lowest BCUT2D eigenvalue weighted by molar-refractivity contribution is -0.149. The predicted octanol–water partition coefficient (Wildman–Crippen LogP) is 2.68. The van der Waals surface area contributed by atoms with E-state index in [9.17, 15) is 4.79 Å². The number of aliphatic hydroxyl groups is 1. The normalized spacial score (nSPS) is 25.1. The fraction of sp³-hybridized carbons (Fsp3) is 0.786. The SMILES string of the molecule is CCCCOC(=O)C1CCC(/C=C/CO)CC1. The van der Waals surface area contributed by atoms with Gasteiger partial charge in [0, 0.05) is 0 Å². The van der Waals surface area contributed by atoms with E-state index in [1.807, 2.05) is 0 Å². The number of carbonyl (C=O) groups excluding carboxylic acids is 1. The van der Waals surface area contributed by atoms with Crippen LogP contribution in [0.2, 0.25) is 0 Å². The van der Waals surface area contributed by atoms with Crippen LogP contribution in [0.25, 0.3) is 0 Å². The molecular formula is C14H24O3. The van der Waals surface area contributed by atoms with Crippen LogP contribution < -0.4 is 0 Å². The molecule has 0 aliphatic heterocycles. The van der Waals surface area contributed by atoms with Crippen molar-refractivity contribution in [2.45, 2.75) is 45.4 Å². The standard InChI is InChI=1S/C14H24O3/c1-2-3-11-17-14(16)13-8-6-12(7-9-13)5-4-10-15/h4-5,12-13,15H,2-3,6-11H2,1H3/b5-4+. The van der Waals surface area contributed by atoms with Gasteiger partial charge < -0.3 is 9.84 Å². The van der Waals surface area contributed by atoms with Crippen molar-refractivity contribution in [3.8, 4) is 0 Å². The molecule has 0 radical (unpaired) electrons. The molecule has 0 aromatic rings.